The number of amides is 2. The quantitative estimate of drug-likeness (QED) is 0.732. The van der Waals surface area contributed by atoms with Crippen molar-refractivity contribution >= 4 is 12.0 Å². The maximum absolute atomic E-state index is 12.0. The Morgan fingerprint density at radius 2 is 2.31 bits per heavy atom. The molecule has 0 bridgehead atoms. The van der Waals surface area contributed by atoms with Gasteiger partial charge in [-0.25, -0.2) is 9.59 Å². The Kier molecular flexibility index (Phi) is 4.34. The van der Waals surface area contributed by atoms with Gasteiger partial charge in [-0.1, -0.05) is 6.08 Å². The van der Waals surface area contributed by atoms with E-state index in [0.717, 1.165) is 6.42 Å². The molecule has 1 saturated heterocycles. The van der Waals surface area contributed by atoms with E-state index in [1.165, 1.54) is 4.90 Å². The first kappa shape index (κ1) is 12.5. The van der Waals surface area contributed by atoms with Crippen molar-refractivity contribution in [2.75, 3.05) is 19.6 Å². The number of carboxylic acids is 1. The molecule has 0 spiro atoms. The molecule has 1 fully saturated rings. The van der Waals surface area contributed by atoms with Gasteiger partial charge in [0.1, 0.15) is 6.04 Å². The van der Waals surface area contributed by atoms with Gasteiger partial charge in [-0.15, -0.1) is 6.58 Å². The van der Waals surface area contributed by atoms with E-state index in [2.05, 4.69) is 6.58 Å². The molecule has 1 aliphatic rings. The molecule has 1 rings (SSSR count). The second kappa shape index (κ2) is 5.53. The van der Waals surface area contributed by atoms with Gasteiger partial charge in [-0.3, -0.25) is 0 Å². The van der Waals surface area contributed by atoms with Gasteiger partial charge in [0.2, 0.25) is 0 Å². The molecule has 5 heteroatoms. The van der Waals surface area contributed by atoms with Gasteiger partial charge in [0, 0.05) is 19.6 Å². The zero-order chi connectivity index (χ0) is 12.1. The van der Waals surface area contributed by atoms with Crippen molar-refractivity contribution < 1.29 is 14.7 Å². The zero-order valence-electron chi connectivity index (χ0n) is 9.56. The van der Waals surface area contributed by atoms with Crippen molar-refractivity contribution in [3.63, 3.8) is 0 Å². The minimum absolute atomic E-state index is 0.202. The molecule has 1 heterocycles. The SMILES string of the molecule is C=CCN(CC)C(=O)N1CCC[C@H]1C(=O)O. The molecule has 0 aromatic carbocycles. The van der Waals surface area contributed by atoms with E-state index < -0.39 is 12.0 Å². The predicted octanol–water partition coefficient (Wildman–Crippen LogP) is 1.16. The molecule has 0 unspecified atom stereocenters. The third-order valence-electron chi connectivity index (χ3n) is 2.79. The summed E-state index contributed by atoms with van der Waals surface area (Å²) >= 11 is 0. The molecule has 0 saturated carbocycles. The van der Waals surface area contributed by atoms with Crippen LogP contribution in [0.4, 0.5) is 4.79 Å². The van der Waals surface area contributed by atoms with Crippen LogP contribution in [0.3, 0.4) is 0 Å². The molecule has 2 amide bonds. The lowest BCUT2D eigenvalue weighted by atomic mass is 10.2. The zero-order valence-corrected chi connectivity index (χ0v) is 9.56. The van der Waals surface area contributed by atoms with Gasteiger partial charge in [-0.05, 0) is 19.8 Å². The van der Waals surface area contributed by atoms with Crippen molar-refractivity contribution in [2.45, 2.75) is 25.8 Å². The van der Waals surface area contributed by atoms with E-state index in [9.17, 15) is 9.59 Å². The van der Waals surface area contributed by atoms with Gasteiger partial charge in [-0.2, -0.15) is 0 Å². The second-order valence-corrected chi connectivity index (χ2v) is 3.80. The van der Waals surface area contributed by atoms with Crippen molar-refractivity contribution in [1.29, 1.82) is 0 Å². The van der Waals surface area contributed by atoms with Crippen LogP contribution in [0.1, 0.15) is 19.8 Å². The summed E-state index contributed by atoms with van der Waals surface area (Å²) in [7, 11) is 0. The van der Waals surface area contributed by atoms with Crippen LogP contribution in [-0.2, 0) is 4.79 Å². The Balaban J connectivity index is 2.71. The van der Waals surface area contributed by atoms with E-state index in [-0.39, 0.29) is 6.03 Å². The third kappa shape index (κ3) is 2.53. The van der Waals surface area contributed by atoms with E-state index in [1.807, 2.05) is 6.92 Å². The number of likely N-dealkylation sites (N-methyl/N-ethyl adjacent to an activating group) is 1. The molecule has 0 aromatic rings. The fourth-order valence-electron chi connectivity index (χ4n) is 1.93. The average molecular weight is 226 g/mol. The van der Waals surface area contributed by atoms with E-state index >= 15 is 0 Å². The lowest BCUT2D eigenvalue weighted by Gasteiger charge is -2.28. The van der Waals surface area contributed by atoms with Crippen LogP contribution in [0.5, 0.6) is 0 Å². The molecule has 0 aliphatic carbocycles. The maximum atomic E-state index is 12.0. The summed E-state index contributed by atoms with van der Waals surface area (Å²) in [6, 6.07) is -0.862. The molecule has 1 atom stereocenters. The second-order valence-electron chi connectivity index (χ2n) is 3.80. The number of urea groups is 1. The average Bonchev–Trinajstić information content (AvgIpc) is 2.73. The van der Waals surface area contributed by atoms with Crippen molar-refractivity contribution in [2.24, 2.45) is 0 Å². The lowest BCUT2D eigenvalue weighted by Crippen LogP contribution is -2.48. The minimum atomic E-state index is -0.916. The van der Waals surface area contributed by atoms with E-state index in [4.69, 9.17) is 5.11 Å². The first-order valence-corrected chi connectivity index (χ1v) is 5.51. The normalized spacial score (nSPS) is 19.6. The molecule has 16 heavy (non-hydrogen) atoms. The molecule has 90 valence electrons. The lowest BCUT2D eigenvalue weighted by molar-refractivity contribution is -0.141. The molecule has 1 aliphatic heterocycles. The number of nitrogens with zero attached hydrogens (tertiary/aromatic N) is 2. The maximum Gasteiger partial charge on any atom is 0.326 e. The Labute approximate surface area is 95.3 Å². The Bertz CT molecular complexity index is 291. The van der Waals surface area contributed by atoms with Crippen LogP contribution in [0.2, 0.25) is 0 Å². The van der Waals surface area contributed by atoms with Gasteiger partial charge in [0.15, 0.2) is 0 Å². The summed E-state index contributed by atoms with van der Waals surface area (Å²) in [4.78, 5) is 26.0. The Morgan fingerprint density at radius 1 is 1.62 bits per heavy atom. The monoisotopic (exact) mass is 226 g/mol. The topological polar surface area (TPSA) is 60.9 Å². The number of rotatable bonds is 4. The summed E-state index contributed by atoms with van der Waals surface area (Å²) < 4.78 is 0. The van der Waals surface area contributed by atoms with Crippen LogP contribution < -0.4 is 0 Å². The van der Waals surface area contributed by atoms with Gasteiger partial charge >= 0.3 is 12.0 Å². The van der Waals surface area contributed by atoms with Crippen LogP contribution in [0, 0.1) is 0 Å². The van der Waals surface area contributed by atoms with Crippen molar-refractivity contribution in [3.8, 4) is 0 Å². The molecule has 5 nitrogen and oxygen atoms in total. The van der Waals surface area contributed by atoms with Crippen molar-refractivity contribution in [1.82, 2.24) is 9.80 Å². The molecular formula is C11H18N2O3. The van der Waals surface area contributed by atoms with Gasteiger partial charge in [0.25, 0.3) is 0 Å². The van der Waals surface area contributed by atoms with E-state index in [1.54, 1.807) is 11.0 Å². The Hall–Kier alpha value is -1.52. The van der Waals surface area contributed by atoms with Crippen molar-refractivity contribution in [3.05, 3.63) is 12.7 Å². The molecule has 0 radical (unpaired) electrons. The summed E-state index contributed by atoms with van der Waals surface area (Å²) in [5.41, 5.74) is 0. The molecule has 0 aromatic heterocycles. The predicted molar refractivity (Wildman–Crippen MR) is 60.2 cm³/mol. The number of likely N-dealkylation sites (tertiary alicyclic amines) is 1. The van der Waals surface area contributed by atoms with Crippen LogP contribution >= 0.6 is 0 Å². The van der Waals surface area contributed by atoms with E-state index in [0.29, 0.717) is 26.1 Å². The third-order valence-corrected chi connectivity index (χ3v) is 2.79. The number of carbonyl (C=O) groups is 2. The molecule has 1 N–H and O–H groups in total. The fourth-order valence-corrected chi connectivity index (χ4v) is 1.93. The highest BCUT2D eigenvalue weighted by atomic mass is 16.4. The number of carboxylic acid groups (broad SMARTS) is 1. The number of carbonyl (C=O) groups excluding carboxylic acids is 1. The van der Waals surface area contributed by atoms with Crippen LogP contribution in [0.25, 0.3) is 0 Å². The van der Waals surface area contributed by atoms with Gasteiger partial charge < -0.3 is 14.9 Å². The molecular weight excluding hydrogens is 208 g/mol. The number of aliphatic carboxylic acids is 1. The summed E-state index contributed by atoms with van der Waals surface area (Å²) in [6.45, 7) is 7.00. The van der Waals surface area contributed by atoms with Gasteiger partial charge in [0.05, 0.1) is 0 Å². The highest BCUT2D eigenvalue weighted by Crippen LogP contribution is 2.19. The standard InChI is InChI=1S/C11H18N2O3/c1-3-7-12(4-2)11(16)13-8-5-6-9(13)10(14)15/h3,9H,1,4-8H2,2H3,(H,14,15)/t9-/m0/s1. The van der Waals surface area contributed by atoms with Crippen LogP contribution in [-0.4, -0.2) is 52.6 Å². The highest BCUT2D eigenvalue weighted by molar-refractivity contribution is 5.83. The Morgan fingerprint density at radius 3 is 2.81 bits per heavy atom. The first-order valence-electron chi connectivity index (χ1n) is 5.51. The largest absolute Gasteiger partial charge is 0.480 e. The smallest absolute Gasteiger partial charge is 0.326 e. The minimum Gasteiger partial charge on any atom is -0.480 e. The number of hydrogen-bond acceptors (Lipinski definition) is 2. The first-order chi connectivity index (χ1) is 7.61. The number of hydrogen-bond donors (Lipinski definition) is 1. The summed E-state index contributed by atoms with van der Waals surface area (Å²) in [6.07, 6.45) is 2.95. The highest BCUT2D eigenvalue weighted by Gasteiger charge is 2.35. The van der Waals surface area contributed by atoms with Crippen LogP contribution in [0.15, 0.2) is 12.7 Å². The fraction of sp³-hybridized carbons (Fsp3) is 0.636. The summed E-state index contributed by atoms with van der Waals surface area (Å²) in [5.74, 6) is -0.916. The summed E-state index contributed by atoms with van der Waals surface area (Å²) in [5, 5.41) is 8.98.